The fourth-order valence-corrected chi connectivity index (χ4v) is 4.77. The molecule has 0 radical (unpaired) electrons. The van der Waals surface area contributed by atoms with Crippen LogP contribution in [0, 0.1) is 0 Å². The first-order valence-corrected chi connectivity index (χ1v) is 11.0. The number of thioether (sulfide) groups is 1. The number of amides is 1. The third kappa shape index (κ3) is 4.63. The Morgan fingerprint density at radius 2 is 1.96 bits per heavy atom. The molecule has 0 spiro atoms. The van der Waals surface area contributed by atoms with Crippen LogP contribution in [0.15, 0.2) is 57.3 Å². The second-order valence-corrected chi connectivity index (χ2v) is 9.03. The molecule has 1 amide bonds. The van der Waals surface area contributed by atoms with Crippen LogP contribution in [0.1, 0.15) is 12.8 Å². The van der Waals surface area contributed by atoms with Gasteiger partial charge in [-0.25, -0.2) is 0 Å². The predicted octanol–water partition coefficient (Wildman–Crippen LogP) is 3.62. The molecule has 1 aromatic carbocycles. The van der Waals surface area contributed by atoms with Crippen molar-refractivity contribution >= 4 is 29.0 Å². The van der Waals surface area contributed by atoms with Gasteiger partial charge in [-0.1, -0.05) is 29.4 Å². The lowest BCUT2D eigenvalue weighted by atomic mass is 10.3. The topological polar surface area (TPSA) is 62.5 Å². The average molecular weight is 415 g/mol. The quantitative estimate of drug-likeness (QED) is 0.574. The highest BCUT2D eigenvalue weighted by Gasteiger charge is 2.26. The minimum atomic E-state index is -0.0850. The summed E-state index contributed by atoms with van der Waals surface area (Å²) in [5.74, 6) is 1.47. The molecule has 0 bridgehead atoms. The molecule has 3 heterocycles. The van der Waals surface area contributed by atoms with E-state index in [1.54, 1.807) is 23.1 Å². The first-order valence-electron chi connectivity index (χ1n) is 9.28. The second-order valence-electron chi connectivity index (χ2n) is 6.66. The van der Waals surface area contributed by atoms with Crippen molar-refractivity contribution in [3.05, 3.63) is 53.7 Å². The molecule has 6 nitrogen and oxygen atoms in total. The Morgan fingerprint density at radius 3 is 2.68 bits per heavy atom. The van der Waals surface area contributed by atoms with E-state index < -0.39 is 0 Å². The summed E-state index contributed by atoms with van der Waals surface area (Å²) in [7, 11) is 0. The number of aromatic nitrogens is 2. The van der Waals surface area contributed by atoms with Crippen molar-refractivity contribution in [1.29, 1.82) is 0 Å². The third-order valence-corrected chi connectivity index (χ3v) is 6.62. The summed E-state index contributed by atoms with van der Waals surface area (Å²) in [5, 5.41) is 5.97. The van der Waals surface area contributed by atoms with E-state index in [4.69, 9.17) is 4.52 Å². The van der Waals surface area contributed by atoms with E-state index in [2.05, 4.69) is 15.0 Å². The van der Waals surface area contributed by atoms with E-state index in [1.165, 1.54) is 0 Å². The number of nitrogens with zero attached hydrogens (tertiary/aromatic N) is 4. The summed E-state index contributed by atoms with van der Waals surface area (Å²) in [6, 6.07) is 14.0. The highest BCUT2D eigenvalue weighted by atomic mass is 32.2. The van der Waals surface area contributed by atoms with Crippen LogP contribution < -0.4 is 0 Å². The minimum Gasteiger partial charge on any atom is -0.339 e. The Kier molecular flexibility index (Phi) is 6.09. The van der Waals surface area contributed by atoms with Gasteiger partial charge in [0.1, 0.15) is 0 Å². The van der Waals surface area contributed by atoms with Gasteiger partial charge in [0.15, 0.2) is 0 Å². The smallest absolute Gasteiger partial charge is 0.241 e. The maximum Gasteiger partial charge on any atom is 0.241 e. The maximum atomic E-state index is 12.7. The molecule has 28 heavy (non-hydrogen) atoms. The molecule has 1 aliphatic rings. The zero-order chi connectivity index (χ0) is 19.3. The maximum absolute atomic E-state index is 12.7. The summed E-state index contributed by atoms with van der Waals surface area (Å²) in [6.07, 6.45) is 0. The van der Waals surface area contributed by atoms with Gasteiger partial charge < -0.3 is 9.42 Å². The van der Waals surface area contributed by atoms with Crippen molar-refractivity contribution in [2.45, 2.75) is 23.6 Å². The van der Waals surface area contributed by atoms with Gasteiger partial charge >= 0.3 is 0 Å². The van der Waals surface area contributed by atoms with Gasteiger partial charge in [0.25, 0.3) is 0 Å². The molecule has 4 rings (SSSR count). The number of carbonyl (C=O) groups excluding carboxylic acids is 1. The second kappa shape index (κ2) is 8.89. The highest BCUT2D eigenvalue weighted by Crippen LogP contribution is 2.25. The van der Waals surface area contributed by atoms with Crippen LogP contribution in [0.3, 0.4) is 0 Å². The molecule has 0 saturated carbocycles. The molecule has 8 heteroatoms. The van der Waals surface area contributed by atoms with Crippen LogP contribution in [0.4, 0.5) is 0 Å². The SMILES string of the molecule is CC(Sc1ccccc1)C(=O)N1CCN(Cc2nc(-c3cccs3)no2)CC1. The molecule has 1 saturated heterocycles. The van der Waals surface area contributed by atoms with Gasteiger partial charge in [0.05, 0.1) is 16.7 Å². The van der Waals surface area contributed by atoms with E-state index >= 15 is 0 Å². The lowest BCUT2D eigenvalue weighted by Gasteiger charge is -2.35. The number of carbonyl (C=O) groups is 1. The Labute approximate surface area is 172 Å². The normalized spacial score (nSPS) is 16.2. The standard InChI is InChI=1S/C20H22N4O2S2/c1-15(28-16-6-3-2-4-7-16)20(25)24-11-9-23(10-12-24)14-18-21-19(22-26-18)17-8-5-13-27-17/h2-8,13,15H,9-12,14H2,1H3. The van der Waals surface area contributed by atoms with Crippen molar-refractivity contribution in [2.75, 3.05) is 26.2 Å². The van der Waals surface area contributed by atoms with Gasteiger partial charge in [-0.2, -0.15) is 4.98 Å². The third-order valence-electron chi connectivity index (χ3n) is 4.66. The Bertz CT molecular complexity index is 890. The van der Waals surface area contributed by atoms with Gasteiger partial charge in [0, 0.05) is 31.1 Å². The summed E-state index contributed by atoms with van der Waals surface area (Å²) >= 11 is 3.21. The number of hydrogen-bond donors (Lipinski definition) is 0. The first-order chi connectivity index (χ1) is 13.7. The number of rotatable bonds is 6. The van der Waals surface area contributed by atoms with Gasteiger partial charge in [-0.05, 0) is 30.5 Å². The highest BCUT2D eigenvalue weighted by molar-refractivity contribution is 8.00. The van der Waals surface area contributed by atoms with E-state index in [1.807, 2.05) is 59.7 Å². The van der Waals surface area contributed by atoms with E-state index in [9.17, 15) is 4.79 Å². The van der Waals surface area contributed by atoms with Crippen molar-refractivity contribution in [3.8, 4) is 10.7 Å². The van der Waals surface area contributed by atoms with Crippen LogP contribution in [-0.2, 0) is 11.3 Å². The van der Waals surface area contributed by atoms with Crippen molar-refractivity contribution in [3.63, 3.8) is 0 Å². The monoisotopic (exact) mass is 414 g/mol. The van der Waals surface area contributed by atoms with E-state index in [0.29, 0.717) is 18.3 Å². The zero-order valence-electron chi connectivity index (χ0n) is 15.7. The number of thiophene rings is 1. The van der Waals surface area contributed by atoms with Gasteiger partial charge in [0.2, 0.25) is 17.6 Å². The lowest BCUT2D eigenvalue weighted by molar-refractivity contribution is -0.132. The zero-order valence-corrected chi connectivity index (χ0v) is 17.3. The fourth-order valence-electron chi connectivity index (χ4n) is 3.15. The number of benzene rings is 1. The van der Waals surface area contributed by atoms with Crippen LogP contribution >= 0.6 is 23.1 Å². The average Bonchev–Trinajstić information content (AvgIpc) is 3.40. The summed E-state index contributed by atoms with van der Waals surface area (Å²) in [6.45, 7) is 5.68. The Balaban J connectivity index is 1.27. The lowest BCUT2D eigenvalue weighted by Crippen LogP contribution is -2.50. The van der Waals surface area contributed by atoms with Crippen molar-refractivity contribution in [1.82, 2.24) is 19.9 Å². The van der Waals surface area contributed by atoms with Crippen molar-refractivity contribution in [2.24, 2.45) is 0 Å². The molecule has 0 N–H and O–H groups in total. The Hall–Kier alpha value is -2.16. The summed E-state index contributed by atoms with van der Waals surface area (Å²) < 4.78 is 5.39. The largest absolute Gasteiger partial charge is 0.339 e. The van der Waals surface area contributed by atoms with Gasteiger partial charge in [-0.3, -0.25) is 9.69 Å². The van der Waals surface area contributed by atoms with Crippen LogP contribution in [0.5, 0.6) is 0 Å². The van der Waals surface area contributed by atoms with Crippen molar-refractivity contribution < 1.29 is 9.32 Å². The molecule has 1 fully saturated rings. The molecular weight excluding hydrogens is 392 g/mol. The molecule has 3 aromatic rings. The predicted molar refractivity (Wildman–Crippen MR) is 111 cm³/mol. The molecule has 1 unspecified atom stereocenters. The minimum absolute atomic E-state index is 0.0850. The number of hydrogen-bond acceptors (Lipinski definition) is 7. The molecular formula is C20H22N4O2S2. The first kappa shape index (κ1) is 19.2. The summed E-state index contributed by atoms with van der Waals surface area (Å²) in [4.78, 5) is 23.6. The molecule has 1 atom stereocenters. The van der Waals surface area contributed by atoms with E-state index in [0.717, 1.165) is 36.0 Å². The number of piperazine rings is 1. The van der Waals surface area contributed by atoms with Crippen LogP contribution in [0.25, 0.3) is 10.7 Å². The van der Waals surface area contributed by atoms with Crippen LogP contribution in [0.2, 0.25) is 0 Å². The van der Waals surface area contributed by atoms with E-state index in [-0.39, 0.29) is 11.2 Å². The van der Waals surface area contributed by atoms with Crippen LogP contribution in [-0.4, -0.2) is 57.3 Å². The Morgan fingerprint density at radius 1 is 1.18 bits per heavy atom. The molecule has 1 aliphatic heterocycles. The molecule has 146 valence electrons. The fraction of sp³-hybridized carbons (Fsp3) is 0.350. The molecule has 0 aliphatic carbocycles. The molecule has 2 aromatic heterocycles. The summed E-state index contributed by atoms with van der Waals surface area (Å²) in [5.41, 5.74) is 0. The van der Waals surface area contributed by atoms with Gasteiger partial charge in [-0.15, -0.1) is 23.1 Å².